The van der Waals surface area contributed by atoms with Gasteiger partial charge in [-0.3, -0.25) is 4.98 Å². The summed E-state index contributed by atoms with van der Waals surface area (Å²) >= 11 is 0. The Hall–Kier alpha value is -6.22. The summed E-state index contributed by atoms with van der Waals surface area (Å²) in [7, 11) is -3.16. The fourth-order valence-electron chi connectivity index (χ4n) is 6.92. The second-order valence-corrected chi connectivity index (χ2v) is 15.1. The van der Waals surface area contributed by atoms with E-state index < -0.39 is 7.14 Å². The first kappa shape index (κ1) is 29.9. The van der Waals surface area contributed by atoms with Crippen molar-refractivity contribution in [3.8, 4) is 33.8 Å². The molecule has 0 aliphatic carbocycles. The molecule has 0 N–H and O–H groups in total. The molecule has 0 aliphatic rings. The van der Waals surface area contributed by atoms with Crippen LogP contribution in [0.3, 0.4) is 0 Å². The molecule has 0 atom stereocenters. The molecular formula is C45H30N3OP. The molecule has 236 valence electrons. The Kier molecular flexibility index (Phi) is 7.38. The SMILES string of the molecule is O=P(c1ccccc1)(c1ccccc1)c1ccc(-c2ccc(-c3ccc4ccc5ccc(-c6ccccn6)nc5c4n3)cc2)c2ccccc12. The molecule has 5 heteroatoms. The van der Waals surface area contributed by atoms with E-state index in [0.717, 1.165) is 82.3 Å². The zero-order valence-electron chi connectivity index (χ0n) is 27.0. The molecule has 0 saturated heterocycles. The van der Waals surface area contributed by atoms with E-state index in [2.05, 4.69) is 89.9 Å². The van der Waals surface area contributed by atoms with Gasteiger partial charge in [0.1, 0.15) is 0 Å². The second kappa shape index (κ2) is 12.3. The molecule has 6 aromatic carbocycles. The first-order valence-electron chi connectivity index (χ1n) is 16.6. The quantitative estimate of drug-likeness (QED) is 0.132. The summed E-state index contributed by atoms with van der Waals surface area (Å²) in [4.78, 5) is 14.7. The molecule has 0 fully saturated rings. The molecule has 0 amide bonds. The molecule has 3 heterocycles. The minimum Gasteiger partial charge on any atom is -0.309 e. The Labute approximate surface area is 290 Å². The van der Waals surface area contributed by atoms with Crippen molar-refractivity contribution < 1.29 is 4.57 Å². The highest BCUT2D eigenvalue weighted by Crippen LogP contribution is 2.45. The number of hydrogen-bond donors (Lipinski definition) is 0. The van der Waals surface area contributed by atoms with Gasteiger partial charge in [0.05, 0.1) is 28.1 Å². The lowest BCUT2D eigenvalue weighted by molar-refractivity contribution is 0.592. The largest absolute Gasteiger partial charge is 0.309 e. The van der Waals surface area contributed by atoms with Gasteiger partial charge in [-0.25, -0.2) is 9.97 Å². The Bertz CT molecular complexity index is 2670. The van der Waals surface area contributed by atoms with Crippen LogP contribution in [-0.4, -0.2) is 15.0 Å². The van der Waals surface area contributed by atoms with Crippen molar-refractivity contribution in [3.05, 3.63) is 182 Å². The highest BCUT2D eigenvalue weighted by molar-refractivity contribution is 7.85. The van der Waals surface area contributed by atoms with Crippen molar-refractivity contribution >= 4 is 55.6 Å². The highest BCUT2D eigenvalue weighted by atomic mass is 31.2. The van der Waals surface area contributed by atoms with Crippen molar-refractivity contribution in [2.75, 3.05) is 0 Å². The van der Waals surface area contributed by atoms with E-state index in [4.69, 9.17) is 9.97 Å². The number of benzene rings is 6. The molecule has 0 unspecified atom stereocenters. The average molecular weight is 660 g/mol. The summed E-state index contributed by atoms with van der Waals surface area (Å²) in [5, 5.41) is 6.63. The summed E-state index contributed by atoms with van der Waals surface area (Å²) < 4.78 is 15.3. The number of nitrogens with zero attached hydrogens (tertiary/aromatic N) is 3. The van der Waals surface area contributed by atoms with Gasteiger partial charge in [-0.2, -0.15) is 0 Å². The molecule has 0 spiro atoms. The van der Waals surface area contributed by atoms with Gasteiger partial charge >= 0.3 is 0 Å². The van der Waals surface area contributed by atoms with E-state index in [1.165, 1.54) is 0 Å². The molecule has 0 bridgehead atoms. The summed E-state index contributed by atoms with van der Waals surface area (Å²) in [5.41, 5.74) is 7.46. The van der Waals surface area contributed by atoms with E-state index in [1.807, 2.05) is 91.0 Å². The van der Waals surface area contributed by atoms with Crippen molar-refractivity contribution in [3.63, 3.8) is 0 Å². The van der Waals surface area contributed by atoms with Gasteiger partial charge in [-0.05, 0) is 52.2 Å². The average Bonchev–Trinajstić information content (AvgIpc) is 3.21. The normalized spacial score (nSPS) is 11.7. The third-order valence-corrected chi connectivity index (χ3v) is 12.5. The van der Waals surface area contributed by atoms with Crippen LogP contribution in [0.5, 0.6) is 0 Å². The van der Waals surface area contributed by atoms with Crippen LogP contribution in [0.1, 0.15) is 0 Å². The summed E-state index contributed by atoms with van der Waals surface area (Å²) in [6, 6.07) is 59.1. The monoisotopic (exact) mass is 659 g/mol. The van der Waals surface area contributed by atoms with Crippen molar-refractivity contribution in [1.82, 2.24) is 15.0 Å². The van der Waals surface area contributed by atoms with Crippen molar-refractivity contribution in [2.24, 2.45) is 0 Å². The van der Waals surface area contributed by atoms with Crippen LogP contribution >= 0.6 is 7.14 Å². The topological polar surface area (TPSA) is 55.7 Å². The minimum atomic E-state index is -3.16. The number of fused-ring (bicyclic) bond motifs is 4. The van der Waals surface area contributed by atoms with E-state index >= 15 is 4.57 Å². The van der Waals surface area contributed by atoms with Gasteiger partial charge in [0.15, 0.2) is 7.14 Å². The molecule has 9 rings (SSSR count). The first-order valence-corrected chi connectivity index (χ1v) is 18.3. The molecule has 3 aromatic heterocycles. The van der Waals surface area contributed by atoms with Crippen molar-refractivity contribution in [1.29, 1.82) is 0 Å². The van der Waals surface area contributed by atoms with Gasteiger partial charge in [0, 0.05) is 38.4 Å². The van der Waals surface area contributed by atoms with Crippen LogP contribution in [-0.2, 0) is 4.57 Å². The van der Waals surface area contributed by atoms with Crippen LogP contribution < -0.4 is 15.9 Å². The molecule has 4 nitrogen and oxygen atoms in total. The predicted octanol–water partition coefficient (Wildman–Crippen LogP) is 9.97. The summed E-state index contributed by atoms with van der Waals surface area (Å²) in [6.07, 6.45) is 1.79. The zero-order valence-corrected chi connectivity index (χ0v) is 27.9. The van der Waals surface area contributed by atoms with Crippen molar-refractivity contribution in [2.45, 2.75) is 0 Å². The number of hydrogen-bond acceptors (Lipinski definition) is 4. The summed E-state index contributed by atoms with van der Waals surface area (Å²) in [5.74, 6) is 0. The lowest BCUT2D eigenvalue weighted by Gasteiger charge is -2.22. The fourth-order valence-corrected chi connectivity index (χ4v) is 9.78. The Balaban J connectivity index is 1.13. The van der Waals surface area contributed by atoms with Crippen LogP contribution in [0.15, 0.2) is 182 Å². The van der Waals surface area contributed by atoms with Crippen LogP contribution in [0, 0.1) is 0 Å². The van der Waals surface area contributed by atoms with Gasteiger partial charge in [0.25, 0.3) is 0 Å². The van der Waals surface area contributed by atoms with Crippen LogP contribution in [0.2, 0.25) is 0 Å². The maximum Gasteiger partial charge on any atom is 0.171 e. The molecule has 50 heavy (non-hydrogen) atoms. The number of pyridine rings is 3. The Morgan fingerprint density at radius 1 is 0.400 bits per heavy atom. The maximum absolute atomic E-state index is 15.3. The van der Waals surface area contributed by atoms with Crippen LogP contribution in [0.4, 0.5) is 0 Å². The minimum absolute atomic E-state index is 0.823. The smallest absolute Gasteiger partial charge is 0.171 e. The van der Waals surface area contributed by atoms with E-state index in [9.17, 15) is 0 Å². The lowest BCUT2D eigenvalue weighted by Crippen LogP contribution is -2.25. The molecule has 9 aromatic rings. The number of rotatable bonds is 6. The number of aromatic nitrogens is 3. The van der Waals surface area contributed by atoms with Gasteiger partial charge in [0.2, 0.25) is 0 Å². The summed E-state index contributed by atoms with van der Waals surface area (Å²) in [6.45, 7) is 0. The van der Waals surface area contributed by atoms with E-state index in [0.29, 0.717) is 0 Å². The first-order chi connectivity index (χ1) is 24.7. The van der Waals surface area contributed by atoms with Gasteiger partial charge in [-0.15, -0.1) is 0 Å². The van der Waals surface area contributed by atoms with E-state index in [-0.39, 0.29) is 0 Å². The predicted molar refractivity (Wildman–Crippen MR) is 208 cm³/mol. The third kappa shape index (κ3) is 5.09. The maximum atomic E-state index is 15.3. The van der Waals surface area contributed by atoms with Gasteiger partial charge in [-0.1, -0.05) is 146 Å². The molecular weight excluding hydrogens is 629 g/mol. The third-order valence-electron chi connectivity index (χ3n) is 9.42. The lowest BCUT2D eigenvalue weighted by atomic mass is 9.97. The van der Waals surface area contributed by atoms with Crippen LogP contribution in [0.25, 0.3) is 66.4 Å². The molecule has 0 radical (unpaired) electrons. The van der Waals surface area contributed by atoms with Gasteiger partial charge < -0.3 is 4.57 Å². The van der Waals surface area contributed by atoms with E-state index in [1.54, 1.807) is 6.20 Å². The zero-order chi connectivity index (χ0) is 33.5. The Morgan fingerprint density at radius 2 is 0.940 bits per heavy atom. The highest BCUT2D eigenvalue weighted by Gasteiger charge is 2.31. The second-order valence-electron chi connectivity index (χ2n) is 12.4. The standard InChI is InChI=1S/C45H30N3OP/c49-50(35-11-3-1-4-12-35,36-13-5-2-6-14-36)43-29-26-37(38-15-7-8-16-39(38)43)31-18-20-32(21-19-31)40-27-24-33-22-23-34-25-28-42(41-17-9-10-30-46-41)48-45(34)44(33)47-40/h1-30H. The molecule has 0 aliphatic heterocycles. The fraction of sp³-hybridized carbons (Fsp3) is 0. The molecule has 0 saturated carbocycles. The Morgan fingerprint density at radius 3 is 1.58 bits per heavy atom.